The summed E-state index contributed by atoms with van der Waals surface area (Å²) in [5.41, 5.74) is 0.148. The van der Waals surface area contributed by atoms with Crippen LogP contribution in [0.4, 0.5) is 17.6 Å². The van der Waals surface area contributed by atoms with Gasteiger partial charge in [-0.25, -0.2) is 8.78 Å². The van der Waals surface area contributed by atoms with Crippen molar-refractivity contribution in [2.75, 3.05) is 0 Å². The summed E-state index contributed by atoms with van der Waals surface area (Å²) < 4.78 is 52.7. The van der Waals surface area contributed by atoms with Crippen molar-refractivity contribution >= 4 is 5.78 Å². The van der Waals surface area contributed by atoms with Crippen molar-refractivity contribution in [1.29, 1.82) is 0 Å². The van der Waals surface area contributed by atoms with E-state index in [2.05, 4.69) is 4.42 Å². The fourth-order valence-electron chi connectivity index (χ4n) is 0.818. The highest BCUT2D eigenvalue weighted by atomic mass is 19.3. The van der Waals surface area contributed by atoms with E-state index < -0.39 is 24.6 Å². The Morgan fingerprint density at radius 2 is 2.14 bits per heavy atom. The summed E-state index contributed by atoms with van der Waals surface area (Å²) in [5, 5.41) is 0. The van der Waals surface area contributed by atoms with Gasteiger partial charge in [0.2, 0.25) is 5.78 Å². The number of carbonyl (C=O) groups is 1. The Bertz CT molecular complexity index is 305. The fourth-order valence-corrected chi connectivity index (χ4v) is 0.818. The lowest BCUT2D eigenvalue weighted by Gasteiger charge is -2.12. The molecule has 0 radical (unpaired) electrons. The van der Waals surface area contributed by atoms with Gasteiger partial charge in [0.25, 0.3) is 0 Å². The number of rotatable bonds is 4. The summed E-state index contributed by atoms with van der Waals surface area (Å²) in [5.74, 6) is -6.40. The molecule has 0 amide bonds. The molecule has 0 saturated carbocycles. The Hall–Kier alpha value is -1.33. The van der Waals surface area contributed by atoms with E-state index in [0.717, 1.165) is 6.26 Å². The topological polar surface area (TPSA) is 30.2 Å². The highest BCUT2D eigenvalue weighted by Gasteiger charge is 2.47. The molecule has 0 aliphatic heterocycles. The second-order valence-electron chi connectivity index (χ2n) is 2.66. The van der Waals surface area contributed by atoms with Gasteiger partial charge in [-0.3, -0.25) is 4.79 Å². The first-order valence-corrected chi connectivity index (χ1v) is 3.65. The Kier molecular flexibility index (Phi) is 2.93. The first-order chi connectivity index (χ1) is 6.44. The molecule has 0 atom stereocenters. The normalized spacial score (nSPS) is 12.1. The van der Waals surface area contributed by atoms with Crippen LogP contribution in [0.1, 0.15) is 5.56 Å². The zero-order valence-electron chi connectivity index (χ0n) is 6.84. The van der Waals surface area contributed by atoms with Crippen molar-refractivity contribution in [2.24, 2.45) is 0 Å². The van der Waals surface area contributed by atoms with Crippen LogP contribution < -0.4 is 0 Å². The zero-order valence-corrected chi connectivity index (χ0v) is 6.84. The van der Waals surface area contributed by atoms with Crippen molar-refractivity contribution in [3.05, 3.63) is 24.2 Å². The molecule has 0 unspecified atom stereocenters. The zero-order chi connectivity index (χ0) is 10.8. The Balaban J connectivity index is 2.67. The lowest BCUT2D eigenvalue weighted by Crippen LogP contribution is -2.37. The molecule has 6 heteroatoms. The van der Waals surface area contributed by atoms with Gasteiger partial charge < -0.3 is 4.42 Å². The molecule has 0 spiro atoms. The second-order valence-corrected chi connectivity index (χ2v) is 2.66. The maximum absolute atomic E-state index is 12.4. The minimum atomic E-state index is -4.59. The van der Waals surface area contributed by atoms with E-state index >= 15 is 0 Å². The molecule has 0 aromatic carbocycles. The predicted octanol–water partition coefficient (Wildman–Crippen LogP) is 2.29. The van der Waals surface area contributed by atoms with Crippen LogP contribution in [0.2, 0.25) is 0 Å². The maximum atomic E-state index is 12.4. The van der Waals surface area contributed by atoms with Gasteiger partial charge in [-0.1, -0.05) is 0 Å². The lowest BCUT2D eigenvalue weighted by atomic mass is 10.1. The molecule has 1 aromatic heterocycles. The van der Waals surface area contributed by atoms with Gasteiger partial charge in [0.15, 0.2) is 0 Å². The Morgan fingerprint density at radius 1 is 1.50 bits per heavy atom. The molecule has 0 aliphatic rings. The van der Waals surface area contributed by atoms with Crippen LogP contribution in [0.3, 0.4) is 0 Å². The van der Waals surface area contributed by atoms with E-state index in [-0.39, 0.29) is 5.56 Å². The maximum Gasteiger partial charge on any atom is 0.364 e. The fraction of sp³-hybridized carbons (Fsp3) is 0.375. The standard InChI is InChI=1S/C8H6F4O2/c9-7(10)8(11,12)6(13)3-5-1-2-14-4-5/h1-2,4,7H,3H2. The van der Waals surface area contributed by atoms with E-state index in [1.54, 1.807) is 0 Å². The number of halogens is 4. The Morgan fingerprint density at radius 3 is 2.57 bits per heavy atom. The summed E-state index contributed by atoms with van der Waals surface area (Å²) in [7, 11) is 0. The van der Waals surface area contributed by atoms with E-state index in [4.69, 9.17) is 0 Å². The lowest BCUT2D eigenvalue weighted by molar-refractivity contribution is -0.166. The van der Waals surface area contributed by atoms with E-state index in [9.17, 15) is 22.4 Å². The number of ketones is 1. The predicted molar refractivity (Wildman–Crippen MR) is 38.4 cm³/mol. The van der Waals surface area contributed by atoms with Crippen LogP contribution in [0, 0.1) is 0 Å². The van der Waals surface area contributed by atoms with Crippen molar-refractivity contribution < 1.29 is 26.8 Å². The molecular weight excluding hydrogens is 204 g/mol. The minimum Gasteiger partial charge on any atom is -0.472 e. The van der Waals surface area contributed by atoms with Gasteiger partial charge in [-0.15, -0.1) is 0 Å². The van der Waals surface area contributed by atoms with Gasteiger partial charge in [0, 0.05) is 6.42 Å². The van der Waals surface area contributed by atoms with Gasteiger partial charge >= 0.3 is 12.3 Å². The van der Waals surface area contributed by atoms with Crippen molar-refractivity contribution in [2.45, 2.75) is 18.8 Å². The highest BCUT2D eigenvalue weighted by molar-refractivity contribution is 5.87. The summed E-state index contributed by atoms with van der Waals surface area (Å²) in [6.07, 6.45) is -2.50. The van der Waals surface area contributed by atoms with Gasteiger partial charge in [0.1, 0.15) is 0 Å². The summed E-state index contributed by atoms with van der Waals surface area (Å²) in [6, 6.07) is 1.26. The molecule has 0 N–H and O–H groups in total. The van der Waals surface area contributed by atoms with Crippen LogP contribution in [0.5, 0.6) is 0 Å². The molecule has 0 bridgehead atoms. The van der Waals surface area contributed by atoms with E-state index in [0.29, 0.717) is 0 Å². The third kappa shape index (κ3) is 2.12. The Labute approximate surface area is 76.5 Å². The molecule has 14 heavy (non-hydrogen) atoms. The molecule has 2 nitrogen and oxygen atoms in total. The summed E-state index contributed by atoms with van der Waals surface area (Å²) >= 11 is 0. The number of Topliss-reactive ketones (excluding diaryl/α,β-unsaturated/α-hetero) is 1. The van der Waals surface area contributed by atoms with Crippen LogP contribution in [0.25, 0.3) is 0 Å². The van der Waals surface area contributed by atoms with Crippen LogP contribution in [-0.2, 0) is 11.2 Å². The second kappa shape index (κ2) is 3.81. The molecule has 78 valence electrons. The van der Waals surface area contributed by atoms with E-state index in [1.807, 2.05) is 0 Å². The summed E-state index contributed by atoms with van der Waals surface area (Å²) in [6.45, 7) is 0. The third-order valence-corrected chi connectivity index (χ3v) is 1.59. The van der Waals surface area contributed by atoms with Crippen LogP contribution >= 0.6 is 0 Å². The average molecular weight is 210 g/mol. The number of furan rings is 1. The van der Waals surface area contributed by atoms with Crippen molar-refractivity contribution in [1.82, 2.24) is 0 Å². The number of carbonyl (C=O) groups excluding carboxylic acids is 1. The SMILES string of the molecule is O=C(Cc1ccoc1)C(F)(F)C(F)F. The number of alkyl halides is 4. The van der Waals surface area contributed by atoms with Crippen molar-refractivity contribution in [3.63, 3.8) is 0 Å². The van der Waals surface area contributed by atoms with Gasteiger partial charge in [-0.2, -0.15) is 8.78 Å². The first-order valence-electron chi connectivity index (χ1n) is 3.65. The molecule has 1 aromatic rings. The molecule has 0 aliphatic carbocycles. The van der Waals surface area contributed by atoms with Crippen molar-refractivity contribution in [3.8, 4) is 0 Å². The van der Waals surface area contributed by atoms with Crippen LogP contribution in [0.15, 0.2) is 23.0 Å². The molecule has 0 fully saturated rings. The molecule has 1 heterocycles. The smallest absolute Gasteiger partial charge is 0.364 e. The molecule has 1 rings (SSSR count). The first kappa shape index (κ1) is 10.7. The molecular formula is C8H6F4O2. The number of hydrogen-bond acceptors (Lipinski definition) is 2. The van der Waals surface area contributed by atoms with E-state index in [1.165, 1.54) is 12.3 Å². The van der Waals surface area contributed by atoms with Crippen LogP contribution in [-0.4, -0.2) is 18.1 Å². The monoisotopic (exact) mass is 210 g/mol. The minimum absolute atomic E-state index is 0.148. The van der Waals surface area contributed by atoms with Gasteiger partial charge in [0.05, 0.1) is 12.5 Å². The highest BCUT2D eigenvalue weighted by Crippen LogP contribution is 2.25. The number of hydrogen-bond donors (Lipinski definition) is 0. The van der Waals surface area contributed by atoms with Gasteiger partial charge in [-0.05, 0) is 11.6 Å². The third-order valence-electron chi connectivity index (χ3n) is 1.59. The summed E-state index contributed by atoms with van der Waals surface area (Å²) in [4.78, 5) is 10.7. The average Bonchev–Trinajstić information content (AvgIpc) is 2.56. The largest absolute Gasteiger partial charge is 0.472 e. The molecule has 0 saturated heterocycles. The quantitative estimate of drug-likeness (QED) is 0.713.